The quantitative estimate of drug-likeness (QED) is 0.321. The van der Waals surface area contributed by atoms with Crippen molar-refractivity contribution >= 4 is 17.2 Å². The lowest BCUT2D eigenvalue weighted by atomic mass is 9.87. The van der Waals surface area contributed by atoms with E-state index in [1.165, 1.54) is 5.56 Å². The van der Waals surface area contributed by atoms with E-state index in [9.17, 15) is 4.79 Å². The highest BCUT2D eigenvalue weighted by Crippen LogP contribution is 2.27. The maximum absolute atomic E-state index is 11.5. The van der Waals surface area contributed by atoms with Gasteiger partial charge < -0.3 is 14.0 Å². The molecule has 0 saturated carbocycles. The van der Waals surface area contributed by atoms with Gasteiger partial charge in [-0.3, -0.25) is 4.79 Å². The first-order valence-corrected chi connectivity index (χ1v) is 10.8. The highest BCUT2D eigenvalue weighted by molar-refractivity contribution is 5.98. The summed E-state index contributed by atoms with van der Waals surface area (Å²) in [5.74, 6) is 1.58. The van der Waals surface area contributed by atoms with Crippen molar-refractivity contribution in [3.05, 3.63) is 95.2 Å². The van der Waals surface area contributed by atoms with Gasteiger partial charge in [0.05, 0.1) is 7.11 Å². The van der Waals surface area contributed by atoms with Gasteiger partial charge in [0.15, 0.2) is 6.29 Å². The molecule has 0 spiro atoms. The van der Waals surface area contributed by atoms with E-state index in [4.69, 9.17) is 9.47 Å². The van der Waals surface area contributed by atoms with Crippen molar-refractivity contribution in [3.8, 4) is 11.5 Å². The zero-order valence-electron chi connectivity index (χ0n) is 19.1. The summed E-state index contributed by atoms with van der Waals surface area (Å²) in [6.45, 7) is 7.86. The van der Waals surface area contributed by atoms with Crippen LogP contribution in [0.1, 0.15) is 47.8 Å². The molecule has 0 atom stereocenters. The summed E-state index contributed by atoms with van der Waals surface area (Å²) >= 11 is 0. The van der Waals surface area contributed by atoms with Crippen molar-refractivity contribution in [2.45, 2.75) is 39.3 Å². The number of ether oxygens (including phenoxy) is 2. The van der Waals surface area contributed by atoms with Crippen molar-refractivity contribution in [3.63, 3.8) is 0 Å². The summed E-state index contributed by atoms with van der Waals surface area (Å²) in [4.78, 5) is 11.5. The van der Waals surface area contributed by atoms with Crippen molar-refractivity contribution in [2.24, 2.45) is 0 Å². The molecule has 4 aromatic rings. The van der Waals surface area contributed by atoms with Gasteiger partial charge in [0.2, 0.25) is 0 Å². The van der Waals surface area contributed by atoms with Crippen LogP contribution in [0.15, 0.2) is 72.9 Å². The lowest BCUT2D eigenvalue weighted by Gasteiger charge is -2.19. The van der Waals surface area contributed by atoms with E-state index in [1.54, 1.807) is 7.11 Å². The maximum atomic E-state index is 11.5. The van der Waals surface area contributed by atoms with Crippen LogP contribution in [0.4, 0.5) is 0 Å². The Labute approximate surface area is 189 Å². The van der Waals surface area contributed by atoms with Gasteiger partial charge in [0, 0.05) is 29.2 Å². The minimum atomic E-state index is 0.152. The highest BCUT2D eigenvalue weighted by Gasteiger charge is 2.13. The molecule has 4 rings (SSSR count). The van der Waals surface area contributed by atoms with Crippen LogP contribution >= 0.6 is 0 Å². The summed E-state index contributed by atoms with van der Waals surface area (Å²) in [6.07, 6.45) is 2.78. The molecule has 0 aliphatic carbocycles. The van der Waals surface area contributed by atoms with E-state index >= 15 is 0 Å². The number of hydrogen-bond donors (Lipinski definition) is 0. The zero-order chi connectivity index (χ0) is 22.7. The van der Waals surface area contributed by atoms with Crippen molar-refractivity contribution in [1.82, 2.24) is 4.57 Å². The molecular formula is C28H29NO3. The first-order chi connectivity index (χ1) is 15.4. The van der Waals surface area contributed by atoms with Crippen LogP contribution in [0.3, 0.4) is 0 Å². The van der Waals surface area contributed by atoms with E-state index in [0.717, 1.165) is 39.8 Å². The van der Waals surface area contributed by atoms with Gasteiger partial charge in [0.25, 0.3) is 0 Å². The minimum Gasteiger partial charge on any atom is -0.497 e. The van der Waals surface area contributed by atoms with Gasteiger partial charge in [-0.25, -0.2) is 0 Å². The Kier molecular flexibility index (Phi) is 6.04. The van der Waals surface area contributed by atoms with Crippen LogP contribution in [-0.2, 0) is 18.6 Å². The molecule has 0 radical (unpaired) electrons. The summed E-state index contributed by atoms with van der Waals surface area (Å²) in [7, 11) is 1.63. The number of nitrogens with zero attached hydrogens (tertiary/aromatic N) is 1. The van der Waals surface area contributed by atoms with Gasteiger partial charge >= 0.3 is 0 Å². The van der Waals surface area contributed by atoms with Crippen LogP contribution < -0.4 is 9.47 Å². The number of rotatable bonds is 7. The van der Waals surface area contributed by atoms with Gasteiger partial charge in [0.1, 0.15) is 18.1 Å². The lowest BCUT2D eigenvalue weighted by Crippen LogP contribution is -2.10. The molecule has 0 aliphatic heterocycles. The van der Waals surface area contributed by atoms with Gasteiger partial charge in [-0.2, -0.15) is 0 Å². The SMILES string of the molecule is COc1ccc2c(c1)c(C=O)cn2Cc1ccc(OCc2ccc(C(C)(C)C)cc2)cc1. The van der Waals surface area contributed by atoms with Crippen molar-refractivity contribution < 1.29 is 14.3 Å². The molecule has 0 fully saturated rings. The second kappa shape index (κ2) is 8.91. The number of hydrogen-bond acceptors (Lipinski definition) is 3. The smallest absolute Gasteiger partial charge is 0.152 e. The van der Waals surface area contributed by atoms with Crippen molar-refractivity contribution in [1.29, 1.82) is 0 Å². The first-order valence-electron chi connectivity index (χ1n) is 10.8. The second-order valence-electron chi connectivity index (χ2n) is 9.09. The molecule has 4 heteroatoms. The Balaban J connectivity index is 1.44. The average Bonchev–Trinajstić information content (AvgIpc) is 3.15. The van der Waals surface area contributed by atoms with E-state index in [2.05, 4.69) is 61.7 Å². The largest absolute Gasteiger partial charge is 0.497 e. The molecule has 4 nitrogen and oxygen atoms in total. The topological polar surface area (TPSA) is 40.5 Å². The number of carbonyl (C=O) groups is 1. The number of benzene rings is 3. The predicted molar refractivity (Wildman–Crippen MR) is 129 cm³/mol. The van der Waals surface area contributed by atoms with Crippen LogP contribution in [0, 0.1) is 0 Å². The van der Waals surface area contributed by atoms with E-state index in [-0.39, 0.29) is 5.41 Å². The Morgan fingerprint density at radius 3 is 2.16 bits per heavy atom. The molecule has 1 aromatic heterocycles. The molecule has 0 amide bonds. The molecule has 1 heterocycles. The van der Waals surface area contributed by atoms with Gasteiger partial charge in [-0.15, -0.1) is 0 Å². The zero-order valence-corrected chi connectivity index (χ0v) is 19.1. The Morgan fingerprint density at radius 1 is 0.875 bits per heavy atom. The van der Waals surface area contributed by atoms with Gasteiger partial charge in [-0.1, -0.05) is 57.2 Å². The highest BCUT2D eigenvalue weighted by atomic mass is 16.5. The third-order valence-corrected chi connectivity index (χ3v) is 5.75. The number of fused-ring (bicyclic) bond motifs is 1. The minimum absolute atomic E-state index is 0.152. The third kappa shape index (κ3) is 4.70. The second-order valence-corrected chi connectivity index (χ2v) is 9.09. The first kappa shape index (κ1) is 21.7. The molecular weight excluding hydrogens is 398 g/mol. The molecule has 3 aromatic carbocycles. The monoisotopic (exact) mass is 427 g/mol. The number of aldehydes is 1. The molecule has 32 heavy (non-hydrogen) atoms. The molecule has 164 valence electrons. The van der Waals surface area contributed by atoms with E-state index in [1.807, 2.05) is 36.5 Å². The van der Waals surface area contributed by atoms with E-state index < -0.39 is 0 Å². The van der Waals surface area contributed by atoms with E-state index in [0.29, 0.717) is 18.7 Å². The standard InChI is InChI=1S/C28H29NO3/c1-28(2,3)23-9-5-21(6-10-23)19-32-24-11-7-20(8-12-24)16-29-17-22(18-30)26-15-25(31-4)13-14-27(26)29/h5-15,17-18H,16,19H2,1-4H3. The Morgan fingerprint density at radius 2 is 1.53 bits per heavy atom. The summed E-state index contributed by atoms with van der Waals surface area (Å²) in [5.41, 5.74) is 5.43. The molecule has 0 N–H and O–H groups in total. The molecule has 0 aliphatic rings. The summed E-state index contributed by atoms with van der Waals surface area (Å²) in [5, 5.41) is 0.900. The van der Waals surface area contributed by atoms with Crippen LogP contribution in [0.25, 0.3) is 10.9 Å². The fraction of sp³-hybridized carbons (Fsp3) is 0.250. The number of aromatic nitrogens is 1. The van der Waals surface area contributed by atoms with Crippen LogP contribution in [0.2, 0.25) is 0 Å². The molecule has 0 saturated heterocycles. The lowest BCUT2D eigenvalue weighted by molar-refractivity contribution is 0.112. The molecule has 0 bridgehead atoms. The summed E-state index contributed by atoms with van der Waals surface area (Å²) < 4.78 is 13.4. The summed E-state index contributed by atoms with van der Waals surface area (Å²) in [6, 6.07) is 22.5. The van der Waals surface area contributed by atoms with Crippen molar-refractivity contribution in [2.75, 3.05) is 7.11 Å². The Bertz CT molecular complexity index is 1210. The van der Waals surface area contributed by atoms with Gasteiger partial charge in [-0.05, 0) is 52.4 Å². The maximum Gasteiger partial charge on any atom is 0.152 e. The van der Waals surface area contributed by atoms with Crippen LogP contribution in [0.5, 0.6) is 11.5 Å². The fourth-order valence-corrected chi connectivity index (χ4v) is 3.81. The van der Waals surface area contributed by atoms with Crippen LogP contribution in [-0.4, -0.2) is 18.0 Å². The normalized spacial score (nSPS) is 11.5. The molecule has 0 unspecified atom stereocenters. The predicted octanol–water partition coefficient (Wildman–Crippen LogP) is 6.39. The number of carbonyl (C=O) groups excluding carboxylic acids is 1. The third-order valence-electron chi connectivity index (χ3n) is 5.75. The Hall–Kier alpha value is -3.53. The average molecular weight is 428 g/mol. The fourth-order valence-electron chi connectivity index (χ4n) is 3.81. The number of methoxy groups -OCH3 is 1.